The maximum atomic E-state index is 5.19. The predicted molar refractivity (Wildman–Crippen MR) is 80.4 cm³/mol. The monoisotopic (exact) mass is 261 g/mol. The molecule has 1 fully saturated rings. The van der Waals surface area contributed by atoms with Crippen molar-refractivity contribution in [1.82, 2.24) is 5.32 Å². The zero-order valence-electron chi connectivity index (χ0n) is 12.5. The van der Waals surface area contributed by atoms with Crippen molar-refractivity contribution in [3.63, 3.8) is 0 Å². The van der Waals surface area contributed by atoms with Gasteiger partial charge in [0.05, 0.1) is 7.11 Å². The van der Waals surface area contributed by atoms with Gasteiger partial charge in [-0.15, -0.1) is 0 Å². The summed E-state index contributed by atoms with van der Waals surface area (Å²) in [7, 11) is 1.71. The topological polar surface area (TPSA) is 21.3 Å². The van der Waals surface area contributed by atoms with Crippen LogP contribution in [-0.2, 0) is 6.54 Å². The maximum absolute atomic E-state index is 5.19. The average molecular weight is 261 g/mol. The zero-order valence-corrected chi connectivity index (χ0v) is 12.5. The Labute approximate surface area is 117 Å². The number of ether oxygens (including phenoxy) is 1. The molecule has 2 heteroatoms. The third-order valence-corrected chi connectivity index (χ3v) is 4.40. The SMILES string of the molecule is COc1ccc(CNC2CCCCC2C(C)C)cc1. The summed E-state index contributed by atoms with van der Waals surface area (Å²) in [4.78, 5) is 0. The van der Waals surface area contributed by atoms with Crippen LogP contribution in [-0.4, -0.2) is 13.2 Å². The minimum Gasteiger partial charge on any atom is -0.497 e. The lowest BCUT2D eigenvalue weighted by molar-refractivity contribution is 0.204. The van der Waals surface area contributed by atoms with Crippen molar-refractivity contribution in [3.05, 3.63) is 29.8 Å². The van der Waals surface area contributed by atoms with Gasteiger partial charge in [0.1, 0.15) is 5.75 Å². The lowest BCUT2D eigenvalue weighted by atomic mass is 9.78. The molecule has 0 bridgehead atoms. The molecule has 0 spiro atoms. The fraction of sp³-hybridized carbons (Fsp3) is 0.647. The number of rotatable bonds is 5. The Hall–Kier alpha value is -1.02. The highest BCUT2D eigenvalue weighted by atomic mass is 16.5. The average Bonchev–Trinajstić information content (AvgIpc) is 2.46. The molecule has 1 aliphatic rings. The van der Waals surface area contributed by atoms with Gasteiger partial charge < -0.3 is 10.1 Å². The predicted octanol–water partition coefficient (Wildman–Crippen LogP) is 4.00. The third-order valence-electron chi connectivity index (χ3n) is 4.40. The molecule has 0 saturated heterocycles. The molecule has 2 nitrogen and oxygen atoms in total. The molecule has 2 rings (SSSR count). The number of hydrogen-bond donors (Lipinski definition) is 1. The van der Waals surface area contributed by atoms with Gasteiger partial charge in [0.2, 0.25) is 0 Å². The second-order valence-electron chi connectivity index (χ2n) is 6.03. The first kappa shape index (κ1) is 14.4. The standard InChI is InChI=1S/C17H27NO/c1-13(2)16-6-4-5-7-17(16)18-12-14-8-10-15(19-3)11-9-14/h8-11,13,16-18H,4-7,12H2,1-3H3. The quantitative estimate of drug-likeness (QED) is 0.865. The highest BCUT2D eigenvalue weighted by Gasteiger charge is 2.26. The van der Waals surface area contributed by atoms with E-state index in [-0.39, 0.29) is 0 Å². The van der Waals surface area contributed by atoms with E-state index in [1.165, 1.54) is 31.2 Å². The Bertz CT molecular complexity index is 371. The molecule has 1 N–H and O–H groups in total. The van der Waals surface area contributed by atoms with Crippen LogP contribution in [0.2, 0.25) is 0 Å². The van der Waals surface area contributed by atoms with E-state index in [4.69, 9.17) is 4.74 Å². The van der Waals surface area contributed by atoms with Crippen LogP contribution in [0.4, 0.5) is 0 Å². The molecule has 0 radical (unpaired) electrons. The summed E-state index contributed by atoms with van der Waals surface area (Å²) in [6, 6.07) is 9.07. The Morgan fingerprint density at radius 3 is 2.47 bits per heavy atom. The minimum absolute atomic E-state index is 0.691. The summed E-state index contributed by atoms with van der Waals surface area (Å²) < 4.78 is 5.19. The highest BCUT2D eigenvalue weighted by Crippen LogP contribution is 2.30. The lowest BCUT2D eigenvalue weighted by Gasteiger charge is -2.35. The van der Waals surface area contributed by atoms with Crippen molar-refractivity contribution < 1.29 is 4.74 Å². The van der Waals surface area contributed by atoms with Crippen molar-refractivity contribution in [2.75, 3.05) is 7.11 Å². The number of hydrogen-bond acceptors (Lipinski definition) is 2. The molecule has 0 aromatic heterocycles. The van der Waals surface area contributed by atoms with E-state index < -0.39 is 0 Å². The molecule has 0 aliphatic heterocycles. The molecular formula is C17H27NO. The third kappa shape index (κ3) is 3.97. The summed E-state index contributed by atoms with van der Waals surface area (Å²) in [5.74, 6) is 2.56. The summed E-state index contributed by atoms with van der Waals surface area (Å²) in [5.41, 5.74) is 1.34. The van der Waals surface area contributed by atoms with E-state index in [0.717, 1.165) is 24.1 Å². The Morgan fingerprint density at radius 1 is 1.16 bits per heavy atom. The molecule has 1 aromatic rings. The fourth-order valence-electron chi connectivity index (χ4n) is 3.20. The van der Waals surface area contributed by atoms with Crippen LogP contribution in [0, 0.1) is 11.8 Å². The van der Waals surface area contributed by atoms with Crippen LogP contribution in [0.25, 0.3) is 0 Å². The van der Waals surface area contributed by atoms with E-state index in [2.05, 4.69) is 31.3 Å². The van der Waals surface area contributed by atoms with Crippen molar-refractivity contribution in [1.29, 1.82) is 0 Å². The molecule has 1 saturated carbocycles. The lowest BCUT2D eigenvalue weighted by Crippen LogP contribution is -2.40. The van der Waals surface area contributed by atoms with Gasteiger partial charge in [0, 0.05) is 12.6 Å². The number of benzene rings is 1. The second-order valence-corrected chi connectivity index (χ2v) is 6.03. The number of methoxy groups -OCH3 is 1. The van der Waals surface area contributed by atoms with E-state index in [1.807, 2.05) is 12.1 Å². The van der Waals surface area contributed by atoms with Crippen molar-refractivity contribution in [2.24, 2.45) is 11.8 Å². The van der Waals surface area contributed by atoms with Gasteiger partial charge in [0.25, 0.3) is 0 Å². The summed E-state index contributed by atoms with van der Waals surface area (Å²) >= 11 is 0. The van der Waals surface area contributed by atoms with E-state index in [0.29, 0.717) is 6.04 Å². The van der Waals surface area contributed by atoms with Crippen LogP contribution in [0.1, 0.15) is 45.1 Å². The molecule has 2 atom stereocenters. The van der Waals surface area contributed by atoms with Gasteiger partial charge in [-0.2, -0.15) is 0 Å². The molecule has 1 aromatic carbocycles. The van der Waals surface area contributed by atoms with Gasteiger partial charge >= 0.3 is 0 Å². The zero-order chi connectivity index (χ0) is 13.7. The van der Waals surface area contributed by atoms with E-state index in [9.17, 15) is 0 Å². The highest BCUT2D eigenvalue weighted by molar-refractivity contribution is 5.27. The smallest absolute Gasteiger partial charge is 0.118 e. The Balaban J connectivity index is 1.88. The van der Waals surface area contributed by atoms with Crippen LogP contribution >= 0.6 is 0 Å². The van der Waals surface area contributed by atoms with Crippen molar-refractivity contribution >= 4 is 0 Å². The molecular weight excluding hydrogens is 234 g/mol. The first-order valence-corrected chi connectivity index (χ1v) is 7.57. The van der Waals surface area contributed by atoms with Crippen LogP contribution < -0.4 is 10.1 Å². The molecule has 106 valence electrons. The van der Waals surface area contributed by atoms with Crippen LogP contribution in [0.15, 0.2) is 24.3 Å². The molecule has 0 heterocycles. The molecule has 0 amide bonds. The largest absolute Gasteiger partial charge is 0.497 e. The summed E-state index contributed by atoms with van der Waals surface area (Å²) in [6.45, 7) is 5.69. The Morgan fingerprint density at radius 2 is 1.84 bits per heavy atom. The normalized spacial score (nSPS) is 23.6. The van der Waals surface area contributed by atoms with Gasteiger partial charge in [0.15, 0.2) is 0 Å². The van der Waals surface area contributed by atoms with Gasteiger partial charge in [-0.05, 0) is 42.4 Å². The van der Waals surface area contributed by atoms with Gasteiger partial charge in [-0.25, -0.2) is 0 Å². The first-order valence-electron chi connectivity index (χ1n) is 7.57. The maximum Gasteiger partial charge on any atom is 0.118 e. The summed E-state index contributed by atoms with van der Waals surface area (Å²) in [5, 5.41) is 3.77. The first-order chi connectivity index (χ1) is 9.20. The van der Waals surface area contributed by atoms with Crippen LogP contribution in [0.5, 0.6) is 5.75 Å². The fourth-order valence-corrected chi connectivity index (χ4v) is 3.20. The van der Waals surface area contributed by atoms with Crippen molar-refractivity contribution in [3.8, 4) is 5.75 Å². The van der Waals surface area contributed by atoms with Crippen LogP contribution in [0.3, 0.4) is 0 Å². The van der Waals surface area contributed by atoms with Gasteiger partial charge in [-0.1, -0.05) is 38.8 Å². The molecule has 19 heavy (non-hydrogen) atoms. The van der Waals surface area contributed by atoms with E-state index in [1.54, 1.807) is 7.11 Å². The minimum atomic E-state index is 0.691. The van der Waals surface area contributed by atoms with Crippen molar-refractivity contribution in [2.45, 2.75) is 52.1 Å². The van der Waals surface area contributed by atoms with E-state index >= 15 is 0 Å². The second kappa shape index (κ2) is 6.95. The Kier molecular flexibility index (Phi) is 5.26. The number of nitrogens with one attached hydrogen (secondary N) is 1. The molecule has 1 aliphatic carbocycles. The molecule has 2 unspecified atom stereocenters. The van der Waals surface area contributed by atoms with Gasteiger partial charge in [-0.3, -0.25) is 0 Å². The summed E-state index contributed by atoms with van der Waals surface area (Å²) in [6.07, 6.45) is 5.50.